The average molecular weight is 313 g/mol. The van der Waals surface area contributed by atoms with Crippen molar-refractivity contribution in [3.63, 3.8) is 0 Å². The molecule has 5 rings (SSSR count). The fourth-order valence-corrected chi connectivity index (χ4v) is 5.23. The molecule has 3 fully saturated rings. The number of carbonyl (C=O) groups excluding carboxylic acids is 1. The Bertz CT molecular complexity index is 707. The Labute approximate surface area is 136 Å². The zero-order valence-electron chi connectivity index (χ0n) is 14.1. The molecule has 2 aliphatic carbocycles. The van der Waals surface area contributed by atoms with E-state index >= 15 is 0 Å². The lowest BCUT2D eigenvalue weighted by molar-refractivity contribution is 0.0557. The molecule has 1 aromatic carbocycles. The summed E-state index contributed by atoms with van der Waals surface area (Å²) >= 11 is 0. The number of benzene rings is 1. The molecule has 0 unspecified atom stereocenters. The number of epoxide rings is 1. The second kappa shape index (κ2) is 4.10. The predicted molar refractivity (Wildman–Crippen MR) is 86.7 cm³/mol. The summed E-state index contributed by atoms with van der Waals surface area (Å²) in [5, 5.41) is 0. The number of hydrogen-bond donors (Lipinski definition) is 0. The standard InChI is InChI=1S/C19H23NO3/c1-9-5-6-13-10(7-9)14-11-8-12(17-16(11)22-17)15(14)20(13)18(21)23-19(2,3)4/h5-7,11-12,14-17H,8H2,1-4H3/t11-,12+,14+,15-,16-,17+/m0/s1. The molecule has 122 valence electrons. The molecular formula is C19H23NO3. The van der Waals surface area contributed by atoms with E-state index in [9.17, 15) is 4.79 Å². The Balaban J connectivity index is 1.59. The minimum Gasteiger partial charge on any atom is -0.443 e. The zero-order chi connectivity index (χ0) is 16.1. The molecule has 2 saturated carbocycles. The maximum absolute atomic E-state index is 12.9. The van der Waals surface area contributed by atoms with E-state index in [4.69, 9.17) is 9.47 Å². The van der Waals surface area contributed by atoms with Crippen LogP contribution in [0.3, 0.4) is 0 Å². The number of fused-ring (bicyclic) bond motifs is 10. The molecule has 0 spiro atoms. The first-order valence-electron chi connectivity index (χ1n) is 8.63. The molecule has 2 bridgehead atoms. The van der Waals surface area contributed by atoms with Crippen LogP contribution in [0, 0.1) is 18.8 Å². The van der Waals surface area contributed by atoms with Gasteiger partial charge in [-0.3, -0.25) is 4.90 Å². The number of hydrogen-bond acceptors (Lipinski definition) is 3. The third-order valence-corrected chi connectivity index (χ3v) is 5.91. The molecule has 0 aromatic heterocycles. The van der Waals surface area contributed by atoms with Crippen LogP contribution in [0.25, 0.3) is 0 Å². The molecule has 4 aliphatic rings. The Kier molecular flexibility index (Phi) is 2.47. The molecule has 2 aliphatic heterocycles. The lowest BCUT2D eigenvalue weighted by Gasteiger charge is -2.32. The van der Waals surface area contributed by atoms with E-state index in [1.807, 2.05) is 25.7 Å². The number of rotatable bonds is 0. The van der Waals surface area contributed by atoms with Crippen molar-refractivity contribution in [2.45, 2.75) is 63.9 Å². The van der Waals surface area contributed by atoms with Gasteiger partial charge < -0.3 is 9.47 Å². The summed E-state index contributed by atoms with van der Waals surface area (Å²) in [4.78, 5) is 14.8. The second-order valence-electron chi connectivity index (χ2n) is 8.56. The molecule has 23 heavy (non-hydrogen) atoms. The minimum atomic E-state index is -0.476. The number of ether oxygens (including phenoxy) is 2. The quantitative estimate of drug-likeness (QED) is 0.687. The van der Waals surface area contributed by atoms with E-state index in [-0.39, 0.29) is 12.1 Å². The molecule has 6 atom stereocenters. The number of nitrogens with zero attached hydrogens (tertiary/aromatic N) is 1. The molecular weight excluding hydrogens is 290 g/mol. The van der Waals surface area contributed by atoms with Crippen molar-refractivity contribution in [2.75, 3.05) is 4.90 Å². The molecule has 1 saturated heterocycles. The van der Waals surface area contributed by atoms with Crippen molar-refractivity contribution in [2.24, 2.45) is 11.8 Å². The van der Waals surface area contributed by atoms with Gasteiger partial charge in [-0.1, -0.05) is 17.7 Å². The molecule has 4 nitrogen and oxygen atoms in total. The highest BCUT2D eigenvalue weighted by atomic mass is 16.6. The van der Waals surface area contributed by atoms with Crippen LogP contribution in [0.4, 0.5) is 10.5 Å². The first kappa shape index (κ1) is 13.8. The number of aryl methyl sites for hydroxylation is 1. The fraction of sp³-hybridized carbons (Fsp3) is 0.632. The van der Waals surface area contributed by atoms with Crippen molar-refractivity contribution >= 4 is 11.8 Å². The highest BCUT2D eigenvalue weighted by Gasteiger charge is 2.71. The second-order valence-corrected chi connectivity index (χ2v) is 8.56. The van der Waals surface area contributed by atoms with Gasteiger partial charge >= 0.3 is 6.09 Å². The molecule has 0 radical (unpaired) electrons. The van der Waals surface area contributed by atoms with Crippen LogP contribution in [0.1, 0.15) is 44.2 Å². The Morgan fingerprint density at radius 2 is 2.00 bits per heavy atom. The summed E-state index contributed by atoms with van der Waals surface area (Å²) in [6.07, 6.45) is 1.80. The van der Waals surface area contributed by atoms with Gasteiger partial charge in [0.05, 0.1) is 23.9 Å². The number of amides is 1. The summed E-state index contributed by atoms with van der Waals surface area (Å²) in [6.45, 7) is 7.90. The third kappa shape index (κ3) is 1.78. The lowest BCUT2D eigenvalue weighted by Crippen LogP contribution is -2.46. The van der Waals surface area contributed by atoms with Gasteiger partial charge in [-0.05, 0) is 51.7 Å². The van der Waals surface area contributed by atoms with Crippen LogP contribution in [-0.4, -0.2) is 29.9 Å². The van der Waals surface area contributed by atoms with Gasteiger partial charge in [0.2, 0.25) is 0 Å². The average Bonchev–Trinajstić information content (AvgIpc) is 2.90. The summed E-state index contributed by atoms with van der Waals surface area (Å²) in [5.74, 6) is 1.46. The van der Waals surface area contributed by atoms with Crippen LogP contribution in [0.15, 0.2) is 18.2 Å². The van der Waals surface area contributed by atoms with E-state index in [1.54, 1.807) is 0 Å². The highest BCUT2D eigenvalue weighted by Crippen LogP contribution is 2.67. The monoisotopic (exact) mass is 313 g/mol. The van der Waals surface area contributed by atoms with Gasteiger partial charge in [0.15, 0.2) is 0 Å². The van der Waals surface area contributed by atoms with Gasteiger partial charge in [0, 0.05) is 11.8 Å². The Morgan fingerprint density at radius 1 is 1.26 bits per heavy atom. The maximum Gasteiger partial charge on any atom is 0.415 e. The normalized spacial score (nSPS) is 39.0. The van der Waals surface area contributed by atoms with Gasteiger partial charge in [-0.25, -0.2) is 4.79 Å². The van der Waals surface area contributed by atoms with Crippen molar-refractivity contribution in [1.82, 2.24) is 0 Å². The van der Waals surface area contributed by atoms with Crippen molar-refractivity contribution in [3.8, 4) is 0 Å². The van der Waals surface area contributed by atoms with Crippen molar-refractivity contribution in [3.05, 3.63) is 29.3 Å². The predicted octanol–water partition coefficient (Wildman–Crippen LogP) is 3.62. The molecule has 1 aromatic rings. The van der Waals surface area contributed by atoms with E-state index in [0.29, 0.717) is 30.0 Å². The first-order valence-corrected chi connectivity index (χ1v) is 8.63. The summed E-state index contributed by atoms with van der Waals surface area (Å²) < 4.78 is 11.6. The summed E-state index contributed by atoms with van der Waals surface area (Å²) in [7, 11) is 0. The largest absolute Gasteiger partial charge is 0.443 e. The minimum absolute atomic E-state index is 0.208. The van der Waals surface area contributed by atoms with E-state index < -0.39 is 5.60 Å². The van der Waals surface area contributed by atoms with Crippen LogP contribution >= 0.6 is 0 Å². The SMILES string of the molecule is Cc1ccc2c(c1)[C@@H]1[C@@H]3C[C@@H]([C@H]4O[C@@H]34)[C@@H]1N2C(=O)OC(C)(C)C. The molecule has 0 N–H and O–H groups in total. The van der Waals surface area contributed by atoms with Gasteiger partial charge in [0.1, 0.15) is 5.60 Å². The Morgan fingerprint density at radius 3 is 2.74 bits per heavy atom. The summed E-state index contributed by atoms with van der Waals surface area (Å²) in [5.41, 5.74) is 3.15. The summed E-state index contributed by atoms with van der Waals surface area (Å²) in [6, 6.07) is 6.67. The van der Waals surface area contributed by atoms with Crippen molar-refractivity contribution < 1.29 is 14.3 Å². The van der Waals surface area contributed by atoms with Crippen molar-refractivity contribution in [1.29, 1.82) is 0 Å². The molecule has 2 heterocycles. The topological polar surface area (TPSA) is 42.1 Å². The van der Waals surface area contributed by atoms with E-state index in [2.05, 4.69) is 25.1 Å². The van der Waals surface area contributed by atoms with Gasteiger partial charge in [0.25, 0.3) is 0 Å². The Hall–Kier alpha value is -1.55. The van der Waals surface area contributed by atoms with E-state index in [1.165, 1.54) is 17.5 Å². The first-order chi connectivity index (χ1) is 10.8. The maximum atomic E-state index is 12.9. The molecule has 1 amide bonds. The smallest absolute Gasteiger partial charge is 0.415 e. The van der Waals surface area contributed by atoms with Crippen LogP contribution in [0.2, 0.25) is 0 Å². The fourth-order valence-electron chi connectivity index (χ4n) is 5.23. The third-order valence-electron chi connectivity index (χ3n) is 5.91. The number of carbonyl (C=O) groups is 1. The van der Waals surface area contributed by atoms with Gasteiger partial charge in [-0.15, -0.1) is 0 Å². The number of anilines is 1. The molecule has 4 heteroatoms. The highest BCUT2D eigenvalue weighted by molar-refractivity contribution is 5.93. The van der Waals surface area contributed by atoms with Crippen LogP contribution in [0.5, 0.6) is 0 Å². The zero-order valence-corrected chi connectivity index (χ0v) is 14.1. The van der Waals surface area contributed by atoms with E-state index in [0.717, 1.165) is 5.69 Å². The van der Waals surface area contributed by atoms with Crippen LogP contribution < -0.4 is 4.90 Å². The van der Waals surface area contributed by atoms with Gasteiger partial charge in [-0.2, -0.15) is 0 Å². The van der Waals surface area contributed by atoms with Crippen LogP contribution in [-0.2, 0) is 9.47 Å². The lowest BCUT2D eigenvalue weighted by atomic mass is 9.82.